The normalized spacial score (nSPS) is 14.6. The Balaban J connectivity index is 1.64. The number of nitrogens with zero attached hydrogens (tertiary/aromatic N) is 4. The molecule has 1 aromatic carbocycles. The van der Waals surface area contributed by atoms with Crippen molar-refractivity contribution in [3.63, 3.8) is 0 Å². The van der Waals surface area contributed by atoms with E-state index in [1.165, 1.54) is 12.4 Å². The number of hydrogen-bond donors (Lipinski definition) is 0. The molecule has 1 aliphatic rings. The Hall–Kier alpha value is -2.70. The van der Waals surface area contributed by atoms with Crippen molar-refractivity contribution >= 4 is 11.9 Å². The fourth-order valence-corrected chi connectivity index (χ4v) is 2.78. The number of ether oxygens (including phenoxy) is 1. The van der Waals surface area contributed by atoms with E-state index in [-0.39, 0.29) is 11.9 Å². The topological polar surface area (TPSA) is 58.6 Å². The number of halogens is 1. The molecule has 26 heavy (non-hydrogen) atoms. The van der Waals surface area contributed by atoms with Gasteiger partial charge >= 0.3 is 6.09 Å². The molecule has 1 aromatic heterocycles. The van der Waals surface area contributed by atoms with Crippen molar-refractivity contribution in [2.24, 2.45) is 5.92 Å². The fraction of sp³-hybridized carbons (Fsp3) is 0.421. The predicted molar refractivity (Wildman–Crippen MR) is 97.4 cm³/mol. The summed E-state index contributed by atoms with van der Waals surface area (Å²) in [6.45, 7) is 6.86. The largest absolute Gasteiger partial charge is 0.449 e. The summed E-state index contributed by atoms with van der Waals surface area (Å²) in [6, 6.07) is 8.33. The van der Waals surface area contributed by atoms with Gasteiger partial charge in [0, 0.05) is 37.8 Å². The number of piperazine rings is 1. The molecule has 0 atom stereocenters. The van der Waals surface area contributed by atoms with Gasteiger partial charge in [-0.3, -0.25) is 0 Å². The minimum Gasteiger partial charge on any atom is -0.449 e. The van der Waals surface area contributed by atoms with Crippen molar-refractivity contribution in [1.82, 2.24) is 14.9 Å². The maximum atomic E-state index is 14.0. The Morgan fingerprint density at radius 1 is 1.19 bits per heavy atom. The fourth-order valence-electron chi connectivity index (χ4n) is 2.78. The molecule has 7 heteroatoms. The maximum absolute atomic E-state index is 14.0. The number of aromatic nitrogens is 2. The van der Waals surface area contributed by atoms with E-state index in [0.717, 1.165) is 5.82 Å². The third-order valence-electron chi connectivity index (χ3n) is 4.20. The van der Waals surface area contributed by atoms with Gasteiger partial charge in [0.1, 0.15) is 18.0 Å². The summed E-state index contributed by atoms with van der Waals surface area (Å²) < 4.78 is 19.3. The molecule has 6 nitrogen and oxygen atoms in total. The molecule has 1 fully saturated rings. The first-order valence-corrected chi connectivity index (χ1v) is 8.78. The van der Waals surface area contributed by atoms with Crippen LogP contribution in [0.3, 0.4) is 0 Å². The second-order valence-corrected chi connectivity index (χ2v) is 6.69. The quantitative estimate of drug-likeness (QED) is 0.840. The van der Waals surface area contributed by atoms with Crippen molar-refractivity contribution in [3.8, 4) is 11.3 Å². The van der Waals surface area contributed by atoms with Crippen LogP contribution in [0.4, 0.5) is 15.0 Å². The number of rotatable bonds is 4. The summed E-state index contributed by atoms with van der Waals surface area (Å²) in [4.78, 5) is 24.3. The standard InChI is InChI=1S/C19H23FN4O2/c1-14(2)12-26-19(25)24-9-7-23(8-10-24)18-11-17(21-13-22-18)15-5-3-4-6-16(15)20/h3-6,11,13-14H,7-10,12H2,1-2H3. The number of amides is 1. The van der Waals surface area contributed by atoms with E-state index < -0.39 is 0 Å². The van der Waals surface area contributed by atoms with Crippen molar-refractivity contribution in [2.45, 2.75) is 13.8 Å². The third-order valence-corrected chi connectivity index (χ3v) is 4.20. The highest BCUT2D eigenvalue weighted by Crippen LogP contribution is 2.23. The molecule has 1 saturated heterocycles. The first kappa shape index (κ1) is 18.1. The summed E-state index contributed by atoms with van der Waals surface area (Å²) in [5, 5.41) is 0. The van der Waals surface area contributed by atoms with Crippen LogP contribution < -0.4 is 4.90 Å². The Labute approximate surface area is 152 Å². The van der Waals surface area contributed by atoms with Crippen LogP contribution in [0.25, 0.3) is 11.3 Å². The highest BCUT2D eigenvalue weighted by atomic mass is 19.1. The van der Waals surface area contributed by atoms with E-state index in [1.807, 2.05) is 13.8 Å². The molecule has 1 amide bonds. The molecule has 0 spiro atoms. The lowest BCUT2D eigenvalue weighted by molar-refractivity contribution is 0.0901. The van der Waals surface area contributed by atoms with Crippen LogP contribution in [0.1, 0.15) is 13.8 Å². The van der Waals surface area contributed by atoms with Crippen molar-refractivity contribution in [3.05, 3.63) is 42.5 Å². The number of carbonyl (C=O) groups is 1. The maximum Gasteiger partial charge on any atom is 0.409 e. The van der Waals surface area contributed by atoms with Gasteiger partial charge < -0.3 is 14.5 Å². The van der Waals surface area contributed by atoms with Gasteiger partial charge in [0.05, 0.1) is 12.3 Å². The van der Waals surface area contributed by atoms with Gasteiger partial charge in [-0.05, 0) is 18.1 Å². The van der Waals surface area contributed by atoms with Crippen molar-refractivity contribution in [1.29, 1.82) is 0 Å². The van der Waals surface area contributed by atoms with E-state index in [2.05, 4.69) is 14.9 Å². The van der Waals surface area contributed by atoms with Crippen LogP contribution in [0.15, 0.2) is 36.7 Å². The first-order valence-electron chi connectivity index (χ1n) is 8.78. The first-order chi connectivity index (χ1) is 12.5. The van der Waals surface area contributed by atoms with Gasteiger partial charge in [0.15, 0.2) is 0 Å². The smallest absolute Gasteiger partial charge is 0.409 e. The van der Waals surface area contributed by atoms with E-state index in [0.29, 0.717) is 50.0 Å². The molecular weight excluding hydrogens is 335 g/mol. The molecule has 0 unspecified atom stereocenters. The predicted octanol–water partition coefficient (Wildman–Crippen LogP) is 3.20. The molecule has 3 rings (SSSR count). The molecule has 0 N–H and O–H groups in total. The van der Waals surface area contributed by atoms with Crippen LogP contribution in [-0.4, -0.2) is 53.7 Å². The highest BCUT2D eigenvalue weighted by Gasteiger charge is 2.23. The van der Waals surface area contributed by atoms with E-state index in [9.17, 15) is 9.18 Å². The number of hydrogen-bond acceptors (Lipinski definition) is 5. The Kier molecular flexibility index (Phi) is 5.65. The van der Waals surface area contributed by atoms with Gasteiger partial charge in [-0.2, -0.15) is 0 Å². The lowest BCUT2D eigenvalue weighted by Crippen LogP contribution is -2.49. The molecule has 2 heterocycles. The third kappa shape index (κ3) is 4.28. The van der Waals surface area contributed by atoms with Crippen LogP contribution >= 0.6 is 0 Å². The van der Waals surface area contributed by atoms with Crippen molar-refractivity contribution in [2.75, 3.05) is 37.7 Å². The summed E-state index contributed by atoms with van der Waals surface area (Å²) in [5.41, 5.74) is 0.999. The molecule has 0 radical (unpaired) electrons. The zero-order valence-electron chi connectivity index (χ0n) is 15.1. The Bertz CT molecular complexity index is 761. The summed E-state index contributed by atoms with van der Waals surface area (Å²) in [7, 11) is 0. The lowest BCUT2D eigenvalue weighted by Gasteiger charge is -2.34. The van der Waals surface area contributed by atoms with Crippen LogP contribution in [0.5, 0.6) is 0 Å². The van der Waals surface area contributed by atoms with Gasteiger partial charge in [-0.1, -0.05) is 26.0 Å². The number of carbonyl (C=O) groups excluding carboxylic acids is 1. The summed E-state index contributed by atoms with van der Waals surface area (Å²) >= 11 is 0. The van der Waals surface area contributed by atoms with Gasteiger partial charge in [-0.15, -0.1) is 0 Å². The van der Waals surface area contributed by atoms with Crippen molar-refractivity contribution < 1.29 is 13.9 Å². The molecule has 0 saturated carbocycles. The summed E-state index contributed by atoms with van der Waals surface area (Å²) in [5.74, 6) is 0.737. The molecule has 2 aromatic rings. The summed E-state index contributed by atoms with van der Waals surface area (Å²) in [6.07, 6.45) is 1.17. The highest BCUT2D eigenvalue weighted by molar-refractivity contribution is 5.68. The average molecular weight is 358 g/mol. The second-order valence-electron chi connectivity index (χ2n) is 6.69. The van der Waals surface area contributed by atoms with Crippen LogP contribution in [-0.2, 0) is 4.74 Å². The zero-order chi connectivity index (χ0) is 18.5. The Morgan fingerprint density at radius 2 is 1.92 bits per heavy atom. The van der Waals surface area contributed by atoms with Gasteiger partial charge in [0.2, 0.25) is 0 Å². The van der Waals surface area contributed by atoms with E-state index >= 15 is 0 Å². The minimum atomic E-state index is -0.310. The van der Waals surface area contributed by atoms with Gasteiger partial charge in [0.25, 0.3) is 0 Å². The Morgan fingerprint density at radius 3 is 2.62 bits per heavy atom. The van der Waals surface area contributed by atoms with E-state index in [1.54, 1.807) is 29.2 Å². The SMILES string of the molecule is CC(C)COC(=O)N1CCN(c2cc(-c3ccccc3F)ncn2)CC1. The van der Waals surface area contributed by atoms with Crippen LogP contribution in [0, 0.1) is 11.7 Å². The molecular formula is C19H23FN4O2. The number of benzene rings is 1. The van der Waals surface area contributed by atoms with E-state index in [4.69, 9.17) is 4.74 Å². The zero-order valence-corrected chi connectivity index (χ0v) is 15.1. The average Bonchev–Trinajstić information content (AvgIpc) is 2.66. The van der Waals surface area contributed by atoms with Crippen LogP contribution in [0.2, 0.25) is 0 Å². The van der Waals surface area contributed by atoms with Gasteiger partial charge in [-0.25, -0.2) is 19.2 Å². The molecule has 0 bridgehead atoms. The number of anilines is 1. The second kappa shape index (κ2) is 8.12. The minimum absolute atomic E-state index is 0.270. The molecule has 1 aliphatic heterocycles. The molecule has 138 valence electrons. The lowest BCUT2D eigenvalue weighted by atomic mass is 10.1. The molecule has 0 aliphatic carbocycles. The monoisotopic (exact) mass is 358 g/mol.